The number of hydrogen-bond acceptors (Lipinski definition) is 7. The Morgan fingerprint density at radius 2 is 2.24 bits per heavy atom. The van der Waals surface area contributed by atoms with E-state index in [1.54, 1.807) is 6.07 Å². The molecular weight excluding hydrogens is 346 g/mol. The van der Waals surface area contributed by atoms with Gasteiger partial charge in [0.2, 0.25) is 5.60 Å². The van der Waals surface area contributed by atoms with Crippen molar-refractivity contribution in [1.29, 1.82) is 0 Å². The Balaban J connectivity index is 1.72. The molecule has 1 aromatic heterocycles. The van der Waals surface area contributed by atoms with Crippen LogP contribution in [0.25, 0.3) is 0 Å². The van der Waals surface area contributed by atoms with Crippen molar-refractivity contribution in [1.82, 2.24) is 9.97 Å². The second-order valence-corrected chi connectivity index (χ2v) is 6.92. The summed E-state index contributed by atoms with van der Waals surface area (Å²) in [5.41, 5.74) is -0.948. The van der Waals surface area contributed by atoms with E-state index in [1.165, 1.54) is 7.11 Å². The largest absolute Gasteiger partial charge is 0.466 e. The van der Waals surface area contributed by atoms with Gasteiger partial charge in [-0.25, -0.2) is 4.79 Å². The molecule has 1 aliphatic carbocycles. The molecule has 138 valence electrons. The summed E-state index contributed by atoms with van der Waals surface area (Å²) in [6.07, 6.45) is 3.42. The van der Waals surface area contributed by atoms with E-state index in [0.29, 0.717) is 23.9 Å². The SMILES string of the molecule is CCOC[C@H]1CCCN(c2cc(Cl)nc(OC3(C(=O)OC)CC3)n2)C1. The minimum absolute atomic E-state index is 0.123. The van der Waals surface area contributed by atoms with Gasteiger partial charge >= 0.3 is 12.0 Å². The number of carbonyl (C=O) groups is 1. The van der Waals surface area contributed by atoms with Crippen molar-refractivity contribution in [2.45, 2.75) is 38.2 Å². The summed E-state index contributed by atoms with van der Waals surface area (Å²) in [4.78, 5) is 22.6. The molecule has 0 unspecified atom stereocenters. The summed E-state index contributed by atoms with van der Waals surface area (Å²) < 4.78 is 16.1. The number of halogens is 1. The highest BCUT2D eigenvalue weighted by Gasteiger charge is 2.55. The van der Waals surface area contributed by atoms with Gasteiger partial charge in [-0.1, -0.05) is 11.6 Å². The normalized spacial score (nSPS) is 21.7. The van der Waals surface area contributed by atoms with Gasteiger partial charge in [0, 0.05) is 38.6 Å². The zero-order valence-electron chi connectivity index (χ0n) is 14.7. The molecule has 2 aliphatic rings. The number of piperidine rings is 1. The monoisotopic (exact) mass is 369 g/mol. The van der Waals surface area contributed by atoms with E-state index in [9.17, 15) is 4.79 Å². The Morgan fingerprint density at radius 3 is 2.92 bits per heavy atom. The van der Waals surface area contributed by atoms with Crippen LogP contribution < -0.4 is 9.64 Å². The molecule has 2 heterocycles. The fourth-order valence-electron chi connectivity index (χ4n) is 3.11. The Kier molecular flexibility index (Phi) is 5.64. The molecule has 25 heavy (non-hydrogen) atoms. The number of esters is 1. The molecule has 0 bridgehead atoms. The molecule has 8 heteroatoms. The van der Waals surface area contributed by atoms with Crippen molar-refractivity contribution in [3.05, 3.63) is 11.2 Å². The fraction of sp³-hybridized carbons (Fsp3) is 0.706. The average Bonchev–Trinajstić information content (AvgIpc) is 3.39. The molecule has 1 atom stereocenters. The van der Waals surface area contributed by atoms with Gasteiger partial charge in [0.1, 0.15) is 11.0 Å². The van der Waals surface area contributed by atoms with E-state index in [1.807, 2.05) is 6.92 Å². The van der Waals surface area contributed by atoms with E-state index in [2.05, 4.69) is 14.9 Å². The van der Waals surface area contributed by atoms with E-state index < -0.39 is 11.6 Å². The third-order valence-corrected chi connectivity index (χ3v) is 4.80. The number of ether oxygens (including phenoxy) is 3. The summed E-state index contributed by atoms with van der Waals surface area (Å²) in [6.45, 7) is 5.24. The van der Waals surface area contributed by atoms with E-state index in [-0.39, 0.29) is 6.01 Å². The summed E-state index contributed by atoms with van der Waals surface area (Å²) in [5, 5.41) is 0.299. The predicted octanol–water partition coefficient (Wildman–Crippen LogP) is 2.47. The molecule has 1 saturated carbocycles. The van der Waals surface area contributed by atoms with Crippen LogP contribution in [0, 0.1) is 5.92 Å². The standard InChI is InChI=1S/C17H24ClN3O4/c1-3-24-11-12-5-4-8-21(10-12)14-9-13(18)19-16(20-14)25-17(6-7-17)15(22)23-2/h9,12H,3-8,10-11H2,1-2H3/t12-/m0/s1. The maximum absolute atomic E-state index is 11.9. The van der Waals surface area contributed by atoms with Gasteiger partial charge in [0.15, 0.2) is 0 Å². The molecule has 3 rings (SSSR count). The van der Waals surface area contributed by atoms with Crippen LogP contribution in [-0.2, 0) is 14.3 Å². The topological polar surface area (TPSA) is 73.8 Å². The molecule has 0 amide bonds. The highest BCUT2D eigenvalue weighted by atomic mass is 35.5. The number of carbonyl (C=O) groups excluding carboxylic acids is 1. The van der Waals surface area contributed by atoms with Crippen molar-refractivity contribution >= 4 is 23.4 Å². The zero-order chi connectivity index (χ0) is 17.9. The van der Waals surface area contributed by atoms with Gasteiger partial charge in [-0.15, -0.1) is 0 Å². The highest BCUT2D eigenvalue weighted by molar-refractivity contribution is 6.29. The summed E-state index contributed by atoms with van der Waals surface area (Å²) in [5.74, 6) is 0.792. The molecule has 0 N–H and O–H groups in total. The molecular formula is C17H24ClN3O4. The van der Waals surface area contributed by atoms with E-state index in [4.69, 9.17) is 25.8 Å². The first kappa shape index (κ1) is 18.2. The lowest BCUT2D eigenvalue weighted by molar-refractivity contribution is -0.151. The number of aromatic nitrogens is 2. The smallest absolute Gasteiger partial charge is 0.350 e. The van der Waals surface area contributed by atoms with Crippen LogP contribution in [0.2, 0.25) is 5.15 Å². The maximum atomic E-state index is 11.9. The lowest BCUT2D eigenvalue weighted by atomic mass is 9.99. The maximum Gasteiger partial charge on any atom is 0.350 e. The Labute approximate surface area is 152 Å². The van der Waals surface area contributed by atoms with Gasteiger partial charge in [0.25, 0.3) is 0 Å². The third kappa shape index (κ3) is 4.33. The van der Waals surface area contributed by atoms with Crippen LogP contribution in [0.3, 0.4) is 0 Å². The first-order chi connectivity index (χ1) is 12.1. The third-order valence-electron chi connectivity index (χ3n) is 4.61. The average molecular weight is 370 g/mol. The van der Waals surface area contributed by atoms with E-state index in [0.717, 1.165) is 45.0 Å². The number of nitrogens with zero attached hydrogens (tertiary/aromatic N) is 3. The van der Waals surface area contributed by atoms with Crippen LogP contribution in [0.5, 0.6) is 6.01 Å². The zero-order valence-corrected chi connectivity index (χ0v) is 15.4. The number of anilines is 1. The van der Waals surface area contributed by atoms with Crippen molar-refractivity contribution < 1.29 is 19.0 Å². The number of rotatable bonds is 7. The first-order valence-electron chi connectivity index (χ1n) is 8.71. The molecule has 1 aromatic rings. The Morgan fingerprint density at radius 1 is 1.44 bits per heavy atom. The van der Waals surface area contributed by atoms with Crippen LogP contribution in [-0.4, -0.2) is 55.0 Å². The van der Waals surface area contributed by atoms with Gasteiger partial charge in [-0.3, -0.25) is 0 Å². The van der Waals surface area contributed by atoms with Gasteiger partial charge in [-0.05, 0) is 25.7 Å². The lowest BCUT2D eigenvalue weighted by Crippen LogP contribution is -2.38. The molecule has 0 spiro atoms. The van der Waals surface area contributed by atoms with Gasteiger partial charge in [-0.2, -0.15) is 9.97 Å². The van der Waals surface area contributed by atoms with Crippen molar-refractivity contribution in [3.8, 4) is 6.01 Å². The van der Waals surface area contributed by atoms with Crippen molar-refractivity contribution in [2.24, 2.45) is 5.92 Å². The van der Waals surface area contributed by atoms with Crippen LogP contribution in [0.1, 0.15) is 32.6 Å². The van der Waals surface area contributed by atoms with Gasteiger partial charge < -0.3 is 19.1 Å². The van der Waals surface area contributed by atoms with Crippen LogP contribution in [0.15, 0.2) is 6.07 Å². The summed E-state index contributed by atoms with van der Waals surface area (Å²) in [6, 6.07) is 1.85. The molecule has 7 nitrogen and oxygen atoms in total. The highest BCUT2D eigenvalue weighted by Crippen LogP contribution is 2.41. The molecule has 1 saturated heterocycles. The Bertz CT molecular complexity index is 624. The quantitative estimate of drug-likeness (QED) is 0.540. The van der Waals surface area contributed by atoms with Gasteiger partial charge in [0.05, 0.1) is 13.7 Å². The second kappa shape index (κ2) is 7.74. The van der Waals surface area contributed by atoms with Crippen LogP contribution >= 0.6 is 11.6 Å². The second-order valence-electron chi connectivity index (χ2n) is 6.53. The van der Waals surface area contributed by atoms with E-state index >= 15 is 0 Å². The summed E-state index contributed by atoms with van der Waals surface area (Å²) >= 11 is 6.15. The minimum Gasteiger partial charge on any atom is -0.466 e. The number of hydrogen-bond donors (Lipinski definition) is 0. The fourth-order valence-corrected chi connectivity index (χ4v) is 3.28. The van der Waals surface area contributed by atoms with Crippen LogP contribution in [0.4, 0.5) is 5.82 Å². The van der Waals surface area contributed by atoms with Crippen molar-refractivity contribution in [3.63, 3.8) is 0 Å². The minimum atomic E-state index is -0.948. The molecule has 0 radical (unpaired) electrons. The molecule has 2 fully saturated rings. The molecule has 1 aliphatic heterocycles. The number of methoxy groups -OCH3 is 1. The molecule has 0 aromatic carbocycles. The predicted molar refractivity (Wildman–Crippen MR) is 93.1 cm³/mol. The van der Waals surface area contributed by atoms with Crippen molar-refractivity contribution in [2.75, 3.05) is 38.3 Å². The summed E-state index contributed by atoms with van der Waals surface area (Å²) in [7, 11) is 1.35. The Hall–Kier alpha value is -1.60. The lowest BCUT2D eigenvalue weighted by Gasteiger charge is -2.33. The first-order valence-corrected chi connectivity index (χ1v) is 9.09.